The summed E-state index contributed by atoms with van der Waals surface area (Å²) in [5.74, 6) is -1.66. The smallest absolute Gasteiger partial charge is 0.255 e. The monoisotopic (exact) mass is 603 g/mol. The van der Waals surface area contributed by atoms with Crippen LogP contribution in [0.15, 0.2) is 91.0 Å². The van der Waals surface area contributed by atoms with Crippen LogP contribution in [0.25, 0.3) is 0 Å². The Hall–Kier alpha value is -5.82. The van der Waals surface area contributed by atoms with E-state index in [4.69, 9.17) is 24.7 Å². The largest absolute Gasteiger partial charge is 0.493 e. The number of amides is 2. The van der Waals surface area contributed by atoms with Crippen molar-refractivity contribution in [3.05, 3.63) is 119 Å². The highest BCUT2D eigenvalue weighted by Gasteiger charge is 2.57. The molecule has 0 bridgehead atoms. The van der Waals surface area contributed by atoms with Gasteiger partial charge in [0.15, 0.2) is 28.8 Å². The van der Waals surface area contributed by atoms with Gasteiger partial charge in [0.1, 0.15) is 6.04 Å². The number of rotatable bonds is 8. The predicted octanol–water partition coefficient (Wildman–Crippen LogP) is 4.64. The van der Waals surface area contributed by atoms with Gasteiger partial charge in [0.05, 0.1) is 37.8 Å². The van der Waals surface area contributed by atoms with Crippen LogP contribution in [0.2, 0.25) is 0 Å². The van der Waals surface area contributed by atoms with E-state index in [1.165, 1.54) is 19.1 Å². The van der Waals surface area contributed by atoms with E-state index in [1.54, 1.807) is 91.0 Å². The first kappa shape index (κ1) is 29.3. The van der Waals surface area contributed by atoms with Gasteiger partial charge in [-0.05, 0) is 59.7 Å². The fourth-order valence-corrected chi connectivity index (χ4v) is 6.33. The first-order valence-corrected chi connectivity index (χ1v) is 14.2. The van der Waals surface area contributed by atoms with E-state index in [1.807, 2.05) is 0 Å². The van der Waals surface area contributed by atoms with Crippen LogP contribution in [0.1, 0.15) is 49.4 Å². The molecule has 2 N–H and O–H groups in total. The van der Waals surface area contributed by atoms with Crippen molar-refractivity contribution in [3.63, 3.8) is 0 Å². The quantitative estimate of drug-likeness (QED) is 0.287. The minimum atomic E-state index is -1.24. The minimum Gasteiger partial charge on any atom is -0.493 e. The van der Waals surface area contributed by atoms with Crippen molar-refractivity contribution in [3.8, 4) is 29.1 Å². The number of methoxy groups -OCH3 is 2. The number of benzene rings is 4. The summed E-state index contributed by atoms with van der Waals surface area (Å²) in [6, 6.07) is 25.0. The topological polar surface area (TPSA) is 141 Å². The SMILES string of the molecule is COc1ccc(C2C(C(=O)c3ccc(C#N)cc3)C(c3ccc4c(c3)OCO4)N(C(=O)c3ccccc3)C2C(N)=O)cc1OC. The van der Waals surface area contributed by atoms with Gasteiger partial charge >= 0.3 is 0 Å². The molecule has 226 valence electrons. The zero-order chi connectivity index (χ0) is 31.7. The first-order valence-electron chi connectivity index (χ1n) is 14.2. The Morgan fingerprint density at radius 1 is 0.822 bits per heavy atom. The molecule has 1 saturated heterocycles. The van der Waals surface area contributed by atoms with Crippen molar-refractivity contribution in [1.82, 2.24) is 4.90 Å². The molecular formula is C35H29N3O7. The van der Waals surface area contributed by atoms with Crippen LogP contribution >= 0.6 is 0 Å². The van der Waals surface area contributed by atoms with Gasteiger partial charge in [-0.2, -0.15) is 5.26 Å². The van der Waals surface area contributed by atoms with Gasteiger partial charge in [-0.3, -0.25) is 14.4 Å². The van der Waals surface area contributed by atoms with E-state index < -0.39 is 35.7 Å². The number of carbonyl (C=O) groups is 3. The van der Waals surface area contributed by atoms with Crippen LogP contribution in [0.5, 0.6) is 23.0 Å². The molecule has 0 spiro atoms. The highest BCUT2D eigenvalue weighted by Crippen LogP contribution is 2.53. The van der Waals surface area contributed by atoms with E-state index in [0.717, 1.165) is 0 Å². The third-order valence-corrected chi connectivity index (χ3v) is 8.35. The molecular weight excluding hydrogens is 574 g/mol. The summed E-state index contributed by atoms with van der Waals surface area (Å²) in [5, 5.41) is 9.35. The van der Waals surface area contributed by atoms with Crippen LogP contribution in [0, 0.1) is 17.2 Å². The summed E-state index contributed by atoms with van der Waals surface area (Å²) in [6.45, 7) is 0.0297. The summed E-state index contributed by atoms with van der Waals surface area (Å²) in [5.41, 5.74) is 8.29. The molecule has 0 aromatic heterocycles. The number of fused-ring (bicyclic) bond motifs is 1. The fraction of sp³-hybridized carbons (Fsp3) is 0.200. The zero-order valence-electron chi connectivity index (χ0n) is 24.5. The molecule has 4 aromatic carbocycles. The summed E-state index contributed by atoms with van der Waals surface area (Å²) in [4.78, 5) is 44.1. The normalized spacial score (nSPS) is 19.9. The zero-order valence-corrected chi connectivity index (χ0v) is 24.5. The number of ether oxygens (including phenoxy) is 4. The lowest BCUT2D eigenvalue weighted by molar-refractivity contribution is -0.122. The molecule has 0 aliphatic carbocycles. The number of nitrogens with zero attached hydrogens (tertiary/aromatic N) is 2. The number of hydrogen-bond donors (Lipinski definition) is 1. The Morgan fingerprint density at radius 3 is 2.18 bits per heavy atom. The highest BCUT2D eigenvalue weighted by molar-refractivity contribution is 6.04. The molecule has 0 radical (unpaired) electrons. The van der Waals surface area contributed by atoms with Crippen molar-refractivity contribution in [2.75, 3.05) is 21.0 Å². The molecule has 2 amide bonds. The average molecular weight is 604 g/mol. The molecule has 2 aliphatic heterocycles. The average Bonchev–Trinajstić information content (AvgIpc) is 3.70. The minimum absolute atomic E-state index is 0.0297. The van der Waals surface area contributed by atoms with Gasteiger partial charge < -0.3 is 29.6 Å². The van der Waals surface area contributed by atoms with E-state index in [9.17, 15) is 19.6 Å². The van der Waals surface area contributed by atoms with Crippen molar-refractivity contribution >= 4 is 17.6 Å². The summed E-state index contributed by atoms with van der Waals surface area (Å²) < 4.78 is 22.2. The second-order valence-corrected chi connectivity index (χ2v) is 10.7. The summed E-state index contributed by atoms with van der Waals surface area (Å²) in [7, 11) is 2.99. The van der Waals surface area contributed by atoms with Crippen molar-refractivity contribution in [2.24, 2.45) is 11.7 Å². The van der Waals surface area contributed by atoms with Crippen molar-refractivity contribution < 1.29 is 33.3 Å². The van der Waals surface area contributed by atoms with E-state index >= 15 is 0 Å². The number of nitriles is 1. The Morgan fingerprint density at radius 2 is 1.51 bits per heavy atom. The van der Waals surface area contributed by atoms with Crippen LogP contribution in [-0.2, 0) is 4.79 Å². The number of ketones is 1. The number of carbonyl (C=O) groups excluding carboxylic acids is 3. The maximum Gasteiger partial charge on any atom is 0.255 e. The van der Waals surface area contributed by atoms with Crippen LogP contribution in [0.3, 0.4) is 0 Å². The third-order valence-electron chi connectivity index (χ3n) is 8.35. The standard InChI is InChI=1S/C35H29N3O7/c1-42-25-14-12-23(16-27(25)43-2)29-30(33(39)21-10-8-20(18-36)9-11-21)31(24-13-15-26-28(17-24)45-19-44-26)38(32(29)34(37)40)35(41)22-6-4-3-5-7-22/h3-17,29-32H,19H2,1-2H3,(H2,37,40). The molecule has 10 heteroatoms. The molecule has 2 heterocycles. The molecule has 10 nitrogen and oxygen atoms in total. The summed E-state index contributed by atoms with van der Waals surface area (Å²) >= 11 is 0. The fourth-order valence-electron chi connectivity index (χ4n) is 6.33. The Bertz CT molecular complexity index is 1820. The Balaban J connectivity index is 1.62. The second kappa shape index (κ2) is 12.1. The van der Waals surface area contributed by atoms with Gasteiger partial charge in [0.25, 0.3) is 5.91 Å². The number of hydrogen-bond acceptors (Lipinski definition) is 8. The van der Waals surface area contributed by atoms with Crippen LogP contribution in [0.4, 0.5) is 0 Å². The molecule has 6 rings (SSSR count). The summed E-state index contributed by atoms with van der Waals surface area (Å²) in [6.07, 6.45) is 0. The van der Waals surface area contributed by atoms with Crippen LogP contribution < -0.4 is 24.7 Å². The van der Waals surface area contributed by atoms with Gasteiger partial charge in [-0.1, -0.05) is 42.5 Å². The molecule has 0 saturated carbocycles. The molecule has 4 unspecified atom stereocenters. The highest BCUT2D eigenvalue weighted by atomic mass is 16.7. The molecule has 45 heavy (non-hydrogen) atoms. The predicted molar refractivity (Wildman–Crippen MR) is 162 cm³/mol. The number of Topliss-reactive ketones (excluding diaryl/α,β-unsaturated/α-hetero) is 1. The van der Waals surface area contributed by atoms with Crippen molar-refractivity contribution in [1.29, 1.82) is 5.26 Å². The molecule has 2 aliphatic rings. The molecule has 4 aromatic rings. The lowest BCUT2D eigenvalue weighted by atomic mass is 9.76. The van der Waals surface area contributed by atoms with Gasteiger partial charge in [-0.25, -0.2) is 0 Å². The Labute approximate surface area is 259 Å². The molecule has 1 fully saturated rings. The number of primary amides is 1. The first-order chi connectivity index (χ1) is 21.9. The maximum absolute atomic E-state index is 14.7. The maximum atomic E-state index is 14.7. The Kier molecular flexibility index (Phi) is 7.84. The second-order valence-electron chi connectivity index (χ2n) is 10.7. The van der Waals surface area contributed by atoms with Gasteiger partial charge in [0, 0.05) is 17.0 Å². The number of nitrogens with two attached hydrogens (primary N) is 1. The van der Waals surface area contributed by atoms with Gasteiger partial charge in [-0.15, -0.1) is 0 Å². The lowest BCUT2D eigenvalue weighted by Gasteiger charge is -2.31. The molecule has 4 atom stereocenters. The lowest BCUT2D eigenvalue weighted by Crippen LogP contribution is -2.46. The van der Waals surface area contributed by atoms with Crippen LogP contribution in [-0.4, -0.2) is 49.6 Å². The van der Waals surface area contributed by atoms with E-state index in [0.29, 0.717) is 50.8 Å². The third kappa shape index (κ3) is 5.18. The van der Waals surface area contributed by atoms with E-state index in [2.05, 4.69) is 6.07 Å². The van der Waals surface area contributed by atoms with Crippen molar-refractivity contribution in [2.45, 2.75) is 18.0 Å². The van der Waals surface area contributed by atoms with Gasteiger partial charge in [0.2, 0.25) is 12.7 Å². The number of likely N-dealkylation sites (tertiary alicyclic amines) is 1. The van der Waals surface area contributed by atoms with E-state index in [-0.39, 0.29) is 12.6 Å².